The van der Waals surface area contributed by atoms with Crippen LogP contribution in [0.5, 0.6) is 0 Å². The highest BCUT2D eigenvalue weighted by Crippen LogP contribution is 2.40. The molecule has 5 rings (SSSR count). The minimum Gasteiger partial charge on any atom is -0.385 e. The second kappa shape index (κ2) is 10.9. The number of thiophene rings is 1. The molecule has 3 aromatic rings. The van der Waals surface area contributed by atoms with Crippen LogP contribution in [-0.4, -0.2) is 62.7 Å². The van der Waals surface area contributed by atoms with Crippen molar-refractivity contribution in [2.45, 2.75) is 29.9 Å². The third-order valence-electron chi connectivity index (χ3n) is 7.32. The van der Waals surface area contributed by atoms with E-state index in [4.69, 9.17) is 16.3 Å². The van der Waals surface area contributed by atoms with Gasteiger partial charge in [0.05, 0.1) is 10.6 Å². The molecule has 1 saturated heterocycles. The summed E-state index contributed by atoms with van der Waals surface area (Å²) in [5.74, 6) is -0.349. The quantitative estimate of drug-likeness (QED) is 0.190. The lowest BCUT2D eigenvalue weighted by molar-refractivity contribution is -0.384. The van der Waals surface area contributed by atoms with Gasteiger partial charge >= 0.3 is 0 Å². The third kappa shape index (κ3) is 5.07. The molecule has 1 fully saturated rings. The average Bonchev–Trinajstić information content (AvgIpc) is 3.45. The fraction of sp³-hybridized carbons (Fsp3) is 0.385. The lowest BCUT2D eigenvalue weighted by atomic mass is 9.88. The number of sulfonamides is 1. The SMILES string of the molecule is COCCCN1C(=O)c2cccc3c(CC(=O)C4CCN(S(=O)(=O)c5cc([N+](=O)[O-])c(Cl)s5)CC4)ccc1c23. The van der Waals surface area contributed by atoms with Crippen molar-refractivity contribution >= 4 is 66.8 Å². The van der Waals surface area contributed by atoms with E-state index in [2.05, 4.69) is 0 Å². The van der Waals surface area contributed by atoms with Gasteiger partial charge in [-0.3, -0.25) is 19.7 Å². The molecule has 206 valence electrons. The van der Waals surface area contributed by atoms with E-state index in [1.54, 1.807) is 12.0 Å². The van der Waals surface area contributed by atoms with E-state index >= 15 is 0 Å². The van der Waals surface area contributed by atoms with Gasteiger partial charge in [0.1, 0.15) is 9.99 Å². The van der Waals surface area contributed by atoms with Gasteiger partial charge < -0.3 is 9.64 Å². The van der Waals surface area contributed by atoms with E-state index in [0.29, 0.717) is 49.3 Å². The van der Waals surface area contributed by atoms with Gasteiger partial charge in [0.15, 0.2) is 4.34 Å². The van der Waals surface area contributed by atoms with Gasteiger partial charge in [-0.25, -0.2) is 8.42 Å². The molecule has 1 amide bonds. The Morgan fingerprint density at radius 3 is 2.64 bits per heavy atom. The average molecular weight is 592 g/mol. The van der Waals surface area contributed by atoms with Crippen LogP contribution in [0.1, 0.15) is 35.2 Å². The molecule has 2 aromatic carbocycles. The van der Waals surface area contributed by atoms with Gasteiger partial charge in [-0.05, 0) is 42.3 Å². The number of carbonyl (C=O) groups excluding carboxylic acids is 2. The molecule has 39 heavy (non-hydrogen) atoms. The number of anilines is 1. The topological polar surface area (TPSA) is 127 Å². The first-order chi connectivity index (χ1) is 18.6. The first kappa shape index (κ1) is 27.7. The Morgan fingerprint density at radius 1 is 1.23 bits per heavy atom. The number of benzene rings is 2. The van der Waals surface area contributed by atoms with E-state index < -0.39 is 20.6 Å². The zero-order chi connectivity index (χ0) is 27.9. The van der Waals surface area contributed by atoms with Gasteiger partial charge in [-0.15, -0.1) is 11.3 Å². The van der Waals surface area contributed by atoms with Crippen LogP contribution in [0.3, 0.4) is 0 Å². The number of ketones is 1. The Bertz CT molecular complexity index is 1580. The number of hydrogen-bond acceptors (Lipinski definition) is 8. The molecule has 13 heteroatoms. The molecule has 0 unspecified atom stereocenters. The van der Waals surface area contributed by atoms with Gasteiger partial charge in [-0.1, -0.05) is 29.8 Å². The Balaban J connectivity index is 1.29. The van der Waals surface area contributed by atoms with Crippen LogP contribution < -0.4 is 4.90 Å². The van der Waals surface area contributed by atoms with Gasteiger partial charge in [0.25, 0.3) is 21.6 Å². The second-order valence-electron chi connectivity index (χ2n) is 9.58. The van der Waals surface area contributed by atoms with Crippen molar-refractivity contribution in [3.8, 4) is 0 Å². The first-order valence-electron chi connectivity index (χ1n) is 12.5. The lowest BCUT2D eigenvalue weighted by Gasteiger charge is -2.30. The maximum absolute atomic E-state index is 13.3. The molecular formula is C26H26ClN3O7S2. The zero-order valence-corrected chi connectivity index (χ0v) is 23.5. The highest BCUT2D eigenvalue weighted by Gasteiger charge is 2.35. The van der Waals surface area contributed by atoms with Crippen molar-refractivity contribution in [3.63, 3.8) is 0 Å². The maximum Gasteiger partial charge on any atom is 0.300 e. The summed E-state index contributed by atoms with van der Waals surface area (Å²) >= 11 is 6.52. The number of amides is 1. The van der Waals surface area contributed by atoms with Gasteiger partial charge in [-0.2, -0.15) is 4.31 Å². The van der Waals surface area contributed by atoms with Crippen molar-refractivity contribution in [1.29, 1.82) is 0 Å². The monoisotopic (exact) mass is 591 g/mol. The molecule has 2 aliphatic rings. The molecule has 0 saturated carbocycles. The highest BCUT2D eigenvalue weighted by atomic mass is 35.5. The fourth-order valence-electron chi connectivity index (χ4n) is 5.32. The number of carbonyl (C=O) groups is 2. The van der Waals surface area contributed by atoms with Gasteiger partial charge in [0, 0.05) is 62.7 Å². The minimum absolute atomic E-state index is 0.0174. The highest BCUT2D eigenvalue weighted by molar-refractivity contribution is 7.91. The number of ether oxygens (including phenoxy) is 1. The van der Waals surface area contributed by atoms with Gasteiger partial charge in [0.2, 0.25) is 0 Å². The summed E-state index contributed by atoms with van der Waals surface area (Å²) in [6, 6.07) is 10.3. The van der Waals surface area contributed by atoms with E-state index in [-0.39, 0.29) is 45.7 Å². The first-order valence-corrected chi connectivity index (χ1v) is 15.1. The fourth-order valence-corrected chi connectivity index (χ4v) is 8.61. The standard InChI is InChI=1S/C26H26ClN3O7S2/c1-37-13-3-10-29-20-7-6-17(18-4-2-5-19(24(18)20)26(29)32)14-22(31)16-8-11-28(12-9-16)39(35,36)23-15-21(30(33)34)25(27)38-23/h2,4-7,15-16H,3,8-14H2,1H3. The largest absolute Gasteiger partial charge is 0.385 e. The molecule has 3 heterocycles. The van der Waals surface area contributed by atoms with Crippen LogP contribution in [-0.2, 0) is 26.0 Å². The van der Waals surface area contributed by atoms with Crippen LogP contribution in [0.4, 0.5) is 11.4 Å². The van der Waals surface area contributed by atoms with E-state index in [0.717, 1.165) is 28.1 Å². The number of Topliss-reactive ketones (excluding diaryl/α,β-unsaturated/α-hetero) is 1. The molecule has 0 spiro atoms. The summed E-state index contributed by atoms with van der Waals surface area (Å²) in [6.45, 7) is 1.37. The molecule has 10 nitrogen and oxygen atoms in total. The van der Waals surface area contributed by atoms with Crippen LogP contribution in [0.15, 0.2) is 40.6 Å². The number of piperidine rings is 1. The molecule has 0 atom stereocenters. The van der Waals surface area contributed by atoms with Crippen molar-refractivity contribution in [1.82, 2.24) is 4.31 Å². The Labute approximate surface area is 234 Å². The molecule has 1 aromatic heterocycles. The van der Waals surface area contributed by atoms with Crippen LogP contribution in [0.2, 0.25) is 4.34 Å². The number of nitrogens with zero attached hydrogens (tertiary/aromatic N) is 3. The molecule has 0 bridgehead atoms. The zero-order valence-electron chi connectivity index (χ0n) is 21.1. The molecule has 0 aliphatic carbocycles. The van der Waals surface area contributed by atoms with E-state index in [9.17, 15) is 28.1 Å². The Kier molecular flexibility index (Phi) is 7.75. The van der Waals surface area contributed by atoms with Crippen molar-refractivity contribution in [2.24, 2.45) is 5.92 Å². The third-order valence-corrected chi connectivity index (χ3v) is 11.0. The number of hydrogen-bond donors (Lipinski definition) is 0. The normalized spacial score (nSPS) is 16.4. The summed E-state index contributed by atoms with van der Waals surface area (Å²) in [4.78, 5) is 38.5. The predicted molar refractivity (Wildman–Crippen MR) is 148 cm³/mol. The number of halogens is 1. The van der Waals surface area contributed by atoms with E-state index in [1.807, 2.05) is 30.3 Å². The molecular weight excluding hydrogens is 566 g/mol. The summed E-state index contributed by atoms with van der Waals surface area (Å²) in [7, 11) is -2.32. The Hall–Kier alpha value is -2.90. The summed E-state index contributed by atoms with van der Waals surface area (Å²) in [5, 5.41) is 12.8. The molecule has 2 aliphatic heterocycles. The summed E-state index contributed by atoms with van der Waals surface area (Å²) in [5.41, 5.74) is 1.87. The second-order valence-corrected chi connectivity index (χ2v) is 13.4. The van der Waals surface area contributed by atoms with Crippen LogP contribution in [0.25, 0.3) is 10.8 Å². The number of rotatable bonds is 10. The van der Waals surface area contributed by atoms with Crippen LogP contribution in [0, 0.1) is 16.0 Å². The number of methoxy groups -OCH3 is 1. The smallest absolute Gasteiger partial charge is 0.300 e. The predicted octanol–water partition coefficient (Wildman–Crippen LogP) is 4.67. The van der Waals surface area contributed by atoms with E-state index in [1.165, 1.54) is 4.31 Å². The lowest BCUT2D eigenvalue weighted by Crippen LogP contribution is -2.40. The molecule has 0 N–H and O–H groups in total. The van der Waals surface area contributed by atoms with Crippen LogP contribution >= 0.6 is 22.9 Å². The maximum atomic E-state index is 13.3. The summed E-state index contributed by atoms with van der Waals surface area (Å²) in [6.07, 6.45) is 1.60. The van der Waals surface area contributed by atoms with Crippen molar-refractivity contribution in [3.05, 3.63) is 62.0 Å². The van der Waals surface area contributed by atoms with Crippen molar-refractivity contribution in [2.75, 3.05) is 38.3 Å². The molecule has 0 radical (unpaired) electrons. The Morgan fingerprint density at radius 2 is 1.97 bits per heavy atom. The number of nitro groups is 1. The van der Waals surface area contributed by atoms with Crippen molar-refractivity contribution < 1.29 is 27.7 Å². The summed E-state index contributed by atoms with van der Waals surface area (Å²) < 4.78 is 32.1. The minimum atomic E-state index is -3.95.